The lowest BCUT2D eigenvalue weighted by atomic mass is 9.57. The van der Waals surface area contributed by atoms with Crippen molar-refractivity contribution in [1.29, 1.82) is 0 Å². The number of fused-ring (bicyclic) bond motifs is 4. The fourth-order valence-electron chi connectivity index (χ4n) is 9.39. The molecule has 0 amide bonds. The lowest BCUT2D eigenvalue weighted by molar-refractivity contribution is -0.138. The highest BCUT2D eigenvalue weighted by Gasteiger charge is 2.68. The Bertz CT molecular complexity index is 2250. The molecule has 1 saturated heterocycles. The second kappa shape index (κ2) is 15.1. The van der Waals surface area contributed by atoms with E-state index in [1.54, 1.807) is 7.11 Å². The van der Waals surface area contributed by atoms with E-state index in [0.717, 1.165) is 48.2 Å². The van der Waals surface area contributed by atoms with Gasteiger partial charge in [0.2, 0.25) is 11.6 Å². The number of ether oxygens (including phenoxy) is 3. The minimum absolute atomic E-state index is 0.0109. The second-order valence-electron chi connectivity index (χ2n) is 17.7. The van der Waals surface area contributed by atoms with Gasteiger partial charge in [-0.15, -0.1) is 0 Å². The number of methoxy groups -OCH3 is 1. The summed E-state index contributed by atoms with van der Waals surface area (Å²) in [4.78, 5) is 33.6. The van der Waals surface area contributed by atoms with Gasteiger partial charge in [0.05, 0.1) is 18.7 Å². The number of likely N-dealkylation sites (tertiary alicyclic amines) is 1. The summed E-state index contributed by atoms with van der Waals surface area (Å²) in [6.07, 6.45) is 2.64. The molecule has 58 heavy (non-hydrogen) atoms. The van der Waals surface area contributed by atoms with Crippen molar-refractivity contribution in [3.8, 4) is 17.4 Å². The van der Waals surface area contributed by atoms with Crippen LogP contribution in [-0.2, 0) is 28.9 Å². The number of nitrogens with zero attached hydrogens (tertiary/aromatic N) is 2. The van der Waals surface area contributed by atoms with Crippen LogP contribution in [0.5, 0.6) is 17.4 Å². The zero-order valence-electron chi connectivity index (χ0n) is 34.6. The SMILES string of the molecule is CCN1CCC[C@H]1c1cc(OCc2ccccc2)c2c(c1OC)C[C@H]1C[C@H]3[C@H](N)c4onc(OCc5ccccc5)c4C(=O)[C@@]3(O[Si](C)(C)C(C)(C)C)C(=O)C1=C2O. The van der Waals surface area contributed by atoms with E-state index in [9.17, 15) is 5.11 Å². The Kier molecular flexibility index (Phi) is 10.4. The van der Waals surface area contributed by atoms with Crippen molar-refractivity contribution in [3.05, 3.63) is 111 Å². The van der Waals surface area contributed by atoms with Gasteiger partial charge >= 0.3 is 0 Å². The molecule has 8 rings (SSSR count). The Morgan fingerprint density at radius 2 is 1.64 bits per heavy atom. The van der Waals surface area contributed by atoms with Crippen LogP contribution in [0, 0.1) is 11.8 Å². The van der Waals surface area contributed by atoms with E-state index in [-0.39, 0.29) is 59.3 Å². The topological polar surface area (TPSA) is 147 Å². The van der Waals surface area contributed by atoms with E-state index in [0.29, 0.717) is 23.5 Å². The smallest absolute Gasteiger partial charge is 0.265 e. The molecular weight excluding hydrogens is 751 g/mol. The molecule has 306 valence electrons. The summed E-state index contributed by atoms with van der Waals surface area (Å²) < 4.78 is 32.0. The number of Topliss-reactive ketones (excluding diaryl/α,β-unsaturated/α-hetero) is 2. The van der Waals surface area contributed by atoms with E-state index in [4.69, 9.17) is 28.9 Å². The molecule has 2 fully saturated rings. The Labute approximate surface area is 341 Å². The Hall–Kier alpha value is -4.75. The third-order valence-electron chi connectivity index (χ3n) is 13.4. The standard InChI is InChI=1S/C46H55N3O8Si/c1-8-49-21-15-20-33(49)30-24-34(54-25-27-16-11-9-12-17-27)36-31(40(30)53-5)22-29-23-32-38(47)41-37(44(48-56-41)55-26-28-18-13-10-14-19-28)43(52)46(32,42(51)35(29)39(36)50)57-58(6,7)45(2,3)4/h9-14,16-19,24,29,32-33,38,50H,8,15,20-23,25-26,47H2,1-7H3/t29-,32-,33-,38-,46-/m0/s1. The first-order valence-corrected chi connectivity index (χ1v) is 23.4. The van der Waals surface area contributed by atoms with Gasteiger partial charge in [0.25, 0.3) is 5.88 Å². The van der Waals surface area contributed by atoms with E-state index in [2.05, 4.69) is 37.8 Å². The summed E-state index contributed by atoms with van der Waals surface area (Å²) in [6.45, 7) is 14.6. The van der Waals surface area contributed by atoms with E-state index in [1.807, 2.05) is 79.8 Å². The van der Waals surface area contributed by atoms with Crippen LogP contribution in [-0.4, -0.2) is 60.8 Å². The van der Waals surface area contributed by atoms with Crippen molar-refractivity contribution in [3.63, 3.8) is 0 Å². The molecule has 2 heterocycles. The summed E-state index contributed by atoms with van der Waals surface area (Å²) in [5.74, 6) is -1.47. The zero-order valence-corrected chi connectivity index (χ0v) is 35.6. The van der Waals surface area contributed by atoms with Gasteiger partial charge in [-0.25, -0.2) is 0 Å². The quantitative estimate of drug-likeness (QED) is 0.111. The van der Waals surface area contributed by atoms with Gasteiger partial charge in [-0.3, -0.25) is 14.5 Å². The first-order valence-electron chi connectivity index (χ1n) is 20.5. The molecule has 0 spiro atoms. The largest absolute Gasteiger partial charge is 0.507 e. The minimum atomic E-state index is -2.91. The van der Waals surface area contributed by atoms with Crippen LogP contribution in [0.3, 0.4) is 0 Å². The molecule has 11 nitrogen and oxygen atoms in total. The van der Waals surface area contributed by atoms with Gasteiger partial charge in [-0.2, -0.15) is 0 Å². The Morgan fingerprint density at radius 1 is 0.983 bits per heavy atom. The molecule has 4 aliphatic rings. The van der Waals surface area contributed by atoms with Crippen molar-refractivity contribution >= 4 is 25.6 Å². The van der Waals surface area contributed by atoms with Crippen molar-refractivity contribution in [1.82, 2.24) is 10.1 Å². The molecule has 5 atom stereocenters. The molecule has 3 N–H and O–H groups in total. The van der Waals surface area contributed by atoms with Gasteiger partial charge in [-0.05, 0) is 85.2 Å². The number of aliphatic hydroxyl groups is 1. The average Bonchev–Trinajstić information content (AvgIpc) is 3.87. The summed E-state index contributed by atoms with van der Waals surface area (Å²) in [5, 5.41) is 16.5. The number of carbonyl (C=O) groups excluding carboxylic acids is 2. The van der Waals surface area contributed by atoms with Gasteiger partial charge < -0.3 is 34.0 Å². The van der Waals surface area contributed by atoms with Crippen LogP contribution >= 0.6 is 0 Å². The Morgan fingerprint density at radius 3 is 2.26 bits per heavy atom. The molecule has 1 aromatic heterocycles. The number of aliphatic hydroxyl groups excluding tert-OH is 1. The van der Waals surface area contributed by atoms with Crippen LogP contribution in [0.4, 0.5) is 0 Å². The van der Waals surface area contributed by atoms with E-state index >= 15 is 9.59 Å². The van der Waals surface area contributed by atoms with Crippen LogP contribution in [0.25, 0.3) is 5.76 Å². The third kappa shape index (κ3) is 6.49. The van der Waals surface area contributed by atoms with E-state index in [1.165, 1.54) is 0 Å². The highest BCUT2D eigenvalue weighted by molar-refractivity contribution is 6.74. The summed E-state index contributed by atoms with van der Waals surface area (Å²) >= 11 is 0. The maximum absolute atomic E-state index is 15.8. The summed E-state index contributed by atoms with van der Waals surface area (Å²) in [6, 6.07) is 20.5. The fourth-order valence-corrected chi connectivity index (χ4v) is 10.8. The number of benzene rings is 3. The summed E-state index contributed by atoms with van der Waals surface area (Å²) in [5.41, 5.74) is 9.22. The number of hydrogen-bond donors (Lipinski definition) is 2. The average molecular weight is 806 g/mol. The second-order valence-corrected chi connectivity index (χ2v) is 22.4. The van der Waals surface area contributed by atoms with Gasteiger partial charge in [-0.1, -0.05) is 88.4 Å². The van der Waals surface area contributed by atoms with Gasteiger partial charge in [0.1, 0.15) is 36.0 Å². The first kappa shape index (κ1) is 40.0. The van der Waals surface area contributed by atoms with Crippen molar-refractivity contribution < 1.29 is 37.9 Å². The monoisotopic (exact) mass is 805 g/mol. The number of carbonyl (C=O) groups is 2. The number of ketones is 2. The molecule has 12 heteroatoms. The molecule has 0 bridgehead atoms. The maximum Gasteiger partial charge on any atom is 0.265 e. The lowest BCUT2D eigenvalue weighted by Gasteiger charge is -2.53. The number of rotatable bonds is 11. The normalized spacial score (nSPS) is 24.6. The van der Waals surface area contributed by atoms with Gasteiger partial charge in [0.15, 0.2) is 19.7 Å². The molecular formula is C46H55N3O8Si. The number of nitrogens with two attached hydrogens (primary N) is 1. The van der Waals surface area contributed by atoms with Crippen molar-refractivity contribution in [2.45, 2.75) is 102 Å². The van der Waals surface area contributed by atoms with Crippen LogP contribution in [0.2, 0.25) is 18.1 Å². The predicted octanol–water partition coefficient (Wildman–Crippen LogP) is 8.69. The van der Waals surface area contributed by atoms with Gasteiger partial charge in [0, 0.05) is 28.7 Å². The molecule has 4 aromatic rings. The molecule has 0 unspecified atom stereocenters. The molecule has 1 saturated carbocycles. The van der Waals surface area contributed by atoms with Crippen LogP contribution < -0.4 is 19.9 Å². The minimum Gasteiger partial charge on any atom is -0.507 e. The molecule has 0 radical (unpaired) electrons. The fraction of sp³-hybridized carbons (Fsp3) is 0.457. The summed E-state index contributed by atoms with van der Waals surface area (Å²) in [7, 11) is -1.25. The van der Waals surface area contributed by atoms with Crippen molar-refractivity contribution in [2.24, 2.45) is 17.6 Å². The molecule has 3 aromatic carbocycles. The van der Waals surface area contributed by atoms with E-state index < -0.39 is 43.4 Å². The zero-order chi connectivity index (χ0) is 41.1. The highest BCUT2D eigenvalue weighted by Crippen LogP contribution is 2.59. The maximum atomic E-state index is 15.8. The molecule has 3 aliphatic carbocycles. The third-order valence-corrected chi connectivity index (χ3v) is 17.8. The number of aromatic nitrogens is 1. The Balaban J connectivity index is 1.30. The number of hydrogen-bond acceptors (Lipinski definition) is 11. The molecule has 1 aliphatic heterocycles. The lowest BCUT2D eigenvalue weighted by Crippen LogP contribution is -2.68. The highest BCUT2D eigenvalue weighted by atomic mass is 28.4. The predicted molar refractivity (Wildman–Crippen MR) is 222 cm³/mol. The van der Waals surface area contributed by atoms with Crippen LogP contribution in [0.15, 0.2) is 76.8 Å². The van der Waals surface area contributed by atoms with Crippen LogP contribution in [0.1, 0.15) is 103 Å². The first-order chi connectivity index (χ1) is 27.7. The van der Waals surface area contributed by atoms with Crippen molar-refractivity contribution in [2.75, 3.05) is 20.2 Å².